The van der Waals surface area contributed by atoms with Gasteiger partial charge in [0.1, 0.15) is 18.6 Å². The Bertz CT molecular complexity index is 1560. The number of hydrogen-bond acceptors (Lipinski definition) is 6. The summed E-state index contributed by atoms with van der Waals surface area (Å²) >= 11 is 1.60. The minimum Gasteiger partial charge on any atom is -0.490 e. The molecule has 2 atom stereocenters. The molecule has 2 aromatic carbocycles. The van der Waals surface area contributed by atoms with Crippen molar-refractivity contribution in [3.8, 4) is 5.75 Å². The van der Waals surface area contributed by atoms with Gasteiger partial charge in [0.25, 0.3) is 5.91 Å². The Morgan fingerprint density at radius 2 is 2.02 bits per heavy atom. The number of nitrogens with zero attached hydrogens (tertiary/aromatic N) is 3. The van der Waals surface area contributed by atoms with Crippen molar-refractivity contribution in [1.29, 1.82) is 0 Å². The summed E-state index contributed by atoms with van der Waals surface area (Å²) in [5.74, 6) is 0.724. The van der Waals surface area contributed by atoms with Gasteiger partial charge < -0.3 is 24.3 Å². The van der Waals surface area contributed by atoms with Gasteiger partial charge in [-0.2, -0.15) is 0 Å². The molecule has 8 heteroatoms. The van der Waals surface area contributed by atoms with E-state index in [0.29, 0.717) is 18.2 Å². The van der Waals surface area contributed by atoms with Gasteiger partial charge in [0.05, 0.1) is 23.0 Å². The highest BCUT2D eigenvalue weighted by molar-refractivity contribution is 7.99. The number of likely N-dealkylation sites (tertiary alicyclic amines) is 1. The number of carbonyl (C=O) groups is 1. The first-order chi connectivity index (χ1) is 20.6. The highest BCUT2D eigenvalue weighted by Gasteiger charge is 2.22. The number of hydrogen-bond donors (Lipinski definition) is 1. The summed E-state index contributed by atoms with van der Waals surface area (Å²) < 4.78 is 14.5. The third-order valence-electron chi connectivity index (χ3n) is 8.20. The number of ether oxygens (including phenoxy) is 2. The molecule has 6 rings (SSSR count). The van der Waals surface area contributed by atoms with Crippen molar-refractivity contribution in [2.24, 2.45) is 0 Å². The largest absolute Gasteiger partial charge is 0.490 e. The number of aromatic nitrogens is 2. The average molecular weight is 583 g/mol. The fourth-order valence-corrected chi connectivity index (χ4v) is 6.75. The van der Waals surface area contributed by atoms with E-state index in [-0.39, 0.29) is 12.1 Å². The monoisotopic (exact) mass is 582 g/mol. The first kappa shape index (κ1) is 28.5. The summed E-state index contributed by atoms with van der Waals surface area (Å²) in [4.78, 5) is 21.4. The smallest absolute Gasteiger partial charge is 0.252 e. The number of rotatable bonds is 9. The molecule has 0 spiro atoms. The molecule has 4 heterocycles. The molecular weight excluding hydrogens is 544 g/mol. The fourth-order valence-electron chi connectivity index (χ4n) is 5.77. The lowest BCUT2D eigenvalue weighted by Crippen LogP contribution is -2.30. The molecule has 1 N–H and O–H groups in total. The molecule has 2 aliphatic heterocycles. The van der Waals surface area contributed by atoms with Crippen molar-refractivity contribution in [2.45, 2.75) is 54.2 Å². The predicted octanol–water partition coefficient (Wildman–Crippen LogP) is 6.89. The second kappa shape index (κ2) is 13.2. The normalized spacial score (nSPS) is 19.5. The number of carbonyl (C=O) groups excluding carboxylic acids is 1. The van der Waals surface area contributed by atoms with Crippen LogP contribution in [0.5, 0.6) is 5.75 Å². The van der Waals surface area contributed by atoms with E-state index in [1.165, 1.54) is 12.8 Å². The molecule has 42 heavy (non-hydrogen) atoms. The van der Waals surface area contributed by atoms with Crippen LogP contribution in [0.1, 0.15) is 59.9 Å². The van der Waals surface area contributed by atoms with Gasteiger partial charge >= 0.3 is 0 Å². The average Bonchev–Trinajstić information content (AvgIpc) is 3.62. The molecule has 2 unspecified atom stereocenters. The summed E-state index contributed by atoms with van der Waals surface area (Å²) in [5, 5.41) is 3.91. The number of fused-ring (bicyclic) bond motifs is 1. The molecular formula is C34H38N4O3S. The summed E-state index contributed by atoms with van der Waals surface area (Å²) in [6.45, 7) is 2.62. The van der Waals surface area contributed by atoms with Gasteiger partial charge in [-0.05, 0) is 88.2 Å². The summed E-state index contributed by atoms with van der Waals surface area (Å²) in [6.07, 6.45) is 13.9. The maximum atomic E-state index is 12.4. The third-order valence-corrected chi connectivity index (χ3v) is 9.26. The van der Waals surface area contributed by atoms with Crippen molar-refractivity contribution in [1.82, 2.24) is 19.8 Å². The first-order valence-corrected chi connectivity index (χ1v) is 15.6. The molecule has 4 aromatic rings. The highest BCUT2D eigenvalue weighted by atomic mass is 32.2. The molecule has 2 aromatic heterocycles. The molecule has 2 aliphatic rings. The molecule has 0 radical (unpaired) electrons. The fraction of sp³-hybridized carbons (Fsp3) is 0.353. The number of benzene rings is 2. The van der Waals surface area contributed by atoms with E-state index in [1.54, 1.807) is 18.8 Å². The number of likely N-dealkylation sites (N-methyl/N-ethyl adjacent to an activating group) is 1. The van der Waals surface area contributed by atoms with E-state index in [4.69, 9.17) is 9.47 Å². The van der Waals surface area contributed by atoms with Crippen LogP contribution in [0.3, 0.4) is 0 Å². The maximum Gasteiger partial charge on any atom is 0.252 e. The van der Waals surface area contributed by atoms with E-state index in [2.05, 4.69) is 63.4 Å². The third kappa shape index (κ3) is 6.41. The van der Waals surface area contributed by atoms with E-state index in [1.807, 2.05) is 42.6 Å². The lowest BCUT2D eigenvalue weighted by molar-refractivity contribution is -0.0292. The van der Waals surface area contributed by atoms with E-state index in [0.717, 1.165) is 70.1 Å². The zero-order valence-corrected chi connectivity index (χ0v) is 25.1. The van der Waals surface area contributed by atoms with Crippen LogP contribution < -0.4 is 10.1 Å². The molecule has 7 nitrogen and oxygen atoms in total. The van der Waals surface area contributed by atoms with Gasteiger partial charge in [0.2, 0.25) is 0 Å². The molecule has 2 saturated heterocycles. The second-order valence-corrected chi connectivity index (χ2v) is 12.1. The summed E-state index contributed by atoms with van der Waals surface area (Å²) in [7, 11) is 3.83. The Hall–Kier alpha value is -3.59. The number of pyridine rings is 1. The molecule has 0 bridgehead atoms. The number of amides is 1. The first-order valence-electron chi connectivity index (χ1n) is 14.8. The van der Waals surface area contributed by atoms with Gasteiger partial charge in [-0.15, -0.1) is 0 Å². The Morgan fingerprint density at radius 1 is 1.12 bits per heavy atom. The van der Waals surface area contributed by atoms with Crippen LogP contribution in [0.25, 0.3) is 23.1 Å². The van der Waals surface area contributed by atoms with Crippen molar-refractivity contribution >= 4 is 40.7 Å². The van der Waals surface area contributed by atoms with Crippen molar-refractivity contribution < 1.29 is 14.3 Å². The standard InChI is InChI=1S/C34H38N4O3S/c1-35-34(39)30-9-3-4-10-32(30)42-28-16-17-29-24(22-38(31(29)20-28)33-11-5-6-19-40-33)12-13-25-14-15-27(21-36-25)41-23-26-8-7-18-37(26)2/h3-4,9-10,12-17,20-22,26,33H,5-8,11,18-19,23H2,1-2H3,(H,35,39)/b13-12+. The van der Waals surface area contributed by atoms with Crippen LogP contribution in [0.2, 0.25) is 0 Å². The van der Waals surface area contributed by atoms with Crippen molar-refractivity contribution in [3.63, 3.8) is 0 Å². The lowest BCUT2D eigenvalue weighted by atomic mass is 10.1. The zero-order valence-electron chi connectivity index (χ0n) is 24.3. The SMILES string of the molecule is CNC(=O)c1ccccc1Sc1ccc2c(/C=C/c3ccc(OCC4CCCN4C)cn3)cn(C3CCCCO3)c2c1. The van der Waals surface area contributed by atoms with Gasteiger partial charge in [0, 0.05) is 46.6 Å². The molecule has 0 saturated carbocycles. The minimum absolute atomic E-state index is 0.00951. The van der Waals surface area contributed by atoms with Crippen molar-refractivity contribution in [3.05, 3.63) is 83.8 Å². The molecule has 0 aliphatic carbocycles. The van der Waals surface area contributed by atoms with Crippen LogP contribution in [-0.2, 0) is 4.74 Å². The van der Waals surface area contributed by atoms with E-state index >= 15 is 0 Å². The summed E-state index contributed by atoms with van der Waals surface area (Å²) in [5.41, 5.74) is 3.80. The maximum absolute atomic E-state index is 12.4. The van der Waals surface area contributed by atoms with Crippen LogP contribution in [0.15, 0.2) is 76.8 Å². The Labute approximate surface area is 251 Å². The summed E-state index contributed by atoms with van der Waals surface area (Å²) in [6, 6.07) is 18.7. The van der Waals surface area contributed by atoms with Gasteiger partial charge in [-0.1, -0.05) is 36.0 Å². The van der Waals surface area contributed by atoms with Crippen LogP contribution in [0.4, 0.5) is 0 Å². The molecule has 2 fully saturated rings. The van der Waals surface area contributed by atoms with E-state index < -0.39 is 0 Å². The second-order valence-electron chi connectivity index (χ2n) is 11.0. The lowest BCUT2D eigenvalue weighted by Gasteiger charge is -2.25. The zero-order chi connectivity index (χ0) is 28.9. The van der Waals surface area contributed by atoms with Crippen LogP contribution in [-0.4, -0.2) is 60.3 Å². The van der Waals surface area contributed by atoms with Crippen LogP contribution >= 0.6 is 11.8 Å². The van der Waals surface area contributed by atoms with Crippen molar-refractivity contribution in [2.75, 3.05) is 33.9 Å². The molecule has 218 valence electrons. The Morgan fingerprint density at radius 3 is 2.79 bits per heavy atom. The molecule has 1 amide bonds. The van der Waals surface area contributed by atoms with E-state index in [9.17, 15) is 4.79 Å². The predicted molar refractivity (Wildman–Crippen MR) is 169 cm³/mol. The number of nitrogens with one attached hydrogen (secondary N) is 1. The topological polar surface area (TPSA) is 68.6 Å². The van der Waals surface area contributed by atoms with Gasteiger partial charge in [-0.25, -0.2) is 0 Å². The van der Waals surface area contributed by atoms with Gasteiger partial charge in [-0.3, -0.25) is 9.78 Å². The highest BCUT2D eigenvalue weighted by Crippen LogP contribution is 2.36. The van der Waals surface area contributed by atoms with Gasteiger partial charge in [0.15, 0.2) is 0 Å². The Balaban J connectivity index is 1.24. The quantitative estimate of drug-likeness (QED) is 0.232. The Kier molecular flexibility index (Phi) is 8.93. The minimum atomic E-state index is -0.0831. The van der Waals surface area contributed by atoms with Crippen LogP contribution in [0, 0.1) is 0 Å².